The standard InChI is InChI=1S/C12H14N2O2/c1-12(2,13)11(15)14-9-3-4-10-8(7-9)5-6-16-10/h3-7H,13H2,1-2H3,(H,14,15). The van der Waals surface area contributed by atoms with Crippen LogP contribution in [-0.2, 0) is 4.79 Å². The van der Waals surface area contributed by atoms with Crippen molar-refractivity contribution in [1.29, 1.82) is 0 Å². The van der Waals surface area contributed by atoms with Crippen LogP contribution in [0.2, 0.25) is 0 Å². The number of amides is 1. The molecule has 1 aromatic heterocycles. The van der Waals surface area contributed by atoms with Crippen LogP contribution in [0.1, 0.15) is 13.8 Å². The summed E-state index contributed by atoms with van der Waals surface area (Å²) >= 11 is 0. The SMILES string of the molecule is CC(C)(N)C(=O)Nc1ccc2occc2c1. The van der Waals surface area contributed by atoms with Crippen LogP contribution in [0.3, 0.4) is 0 Å². The van der Waals surface area contributed by atoms with E-state index in [1.807, 2.05) is 18.2 Å². The Labute approximate surface area is 93.4 Å². The number of rotatable bonds is 2. The quantitative estimate of drug-likeness (QED) is 0.811. The molecule has 2 rings (SSSR count). The topological polar surface area (TPSA) is 68.3 Å². The Morgan fingerprint density at radius 3 is 2.81 bits per heavy atom. The second-order valence-corrected chi connectivity index (χ2v) is 4.35. The summed E-state index contributed by atoms with van der Waals surface area (Å²) < 4.78 is 5.21. The Morgan fingerprint density at radius 1 is 1.38 bits per heavy atom. The molecule has 0 spiro atoms. The molecule has 4 heteroatoms. The molecule has 0 radical (unpaired) electrons. The van der Waals surface area contributed by atoms with Crippen molar-refractivity contribution in [3.05, 3.63) is 30.5 Å². The van der Waals surface area contributed by atoms with Crippen LogP contribution in [0.25, 0.3) is 11.0 Å². The van der Waals surface area contributed by atoms with E-state index in [4.69, 9.17) is 10.2 Å². The number of fused-ring (bicyclic) bond motifs is 1. The molecule has 0 aliphatic rings. The summed E-state index contributed by atoms with van der Waals surface area (Å²) in [5, 5.41) is 3.71. The molecule has 1 aromatic carbocycles. The summed E-state index contributed by atoms with van der Waals surface area (Å²) in [6, 6.07) is 7.30. The van der Waals surface area contributed by atoms with E-state index in [-0.39, 0.29) is 5.91 Å². The van der Waals surface area contributed by atoms with Gasteiger partial charge in [-0.2, -0.15) is 0 Å². The minimum absolute atomic E-state index is 0.213. The van der Waals surface area contributed by atoms with Crippen LogP contribution in [0.5, 0.6) is 0 Å². The molecule has 84 valence electrons. The van der Waals surface area contributed by atoms with Crippen molar-refractivity contribution >= 4 is 22.6 Å². The van der Waals surface area contributed by atoms with Crippen LogP contribution >= 0.6 is 0 Å². The van der Waals surface area contributed by atoms with E-state index in [2.05, 4.69) is 5.32 Å². The summed E-state index contributed by atoms with van der Waals surface area (Å²) in [5.41, 5.74) is 6.32. The molecule has 1 heterocycles. The Bertz CT molecular complexity index is 523. The van der Waals surface area contributed by atoms with Crippen molar-refractivity contribution in [3.8, 4) is 0 Å². The molecule has 2 aromatic rings. The fourth-order valence-electron chi connectivity index (χ4n) is 1.34. The van der Waals surface area contributed by atoms with E-state index >= 15 is 0 Å². The van der Waals surface area contributed by atoms with Gasteiger partial charge in [-0.25, -0.2) is 0 Å². The first-order valence-corrected chi connectivity index (χ1v) is 5.04. The third-order valence-corrected chi connectivity index (χ3v) is 2.30. The molecule has 3 N–H and O–H groups in total. The molecule has 1 amide bonds. The van der Waals surface area contributed by atoms with Gasteiger partial charge in [-0.3, -0.25) is 4.79 Å². The van der Waals surface area contributed by atoms with E-state index in [9.17, 15) is 4.79 Å². The second kappa shape index (κ2) is 3.64. The van der Waals surface area contributed by atoms with Crippen LogP contribution < -0.4 is 11.1 Å². The fraction of sp³-hybridized carbons (Fsp3) is 0.250. The molecular formula is C12H14N2O2. The number of nitrogens with one attached hydrogen (secondary N) is 1. The number of anilines is 1. The van der Waals surface area contributed by atoms with Crippen LogP contribution in [0.15, 0.2) is 34.9 Å². The average Bonchev–Trinajstić information content (AvgIpc) is 2.63. The van der Waals surface area contributed by atoms with Crippen LogP contribution in [0, 0.1) is 0 Å². The van der Waals surface area contributed by atoms with Gasteiger partial charge in [-0.15, -0.1) is 0 Å². The predicted octanol–water partition coefficient (Wildman–Crippen LogP) is 2.11. The molecule has 0 fully saturated rings. The van der Waals surface area contributed by atoms with Crippen molar-refractivity contribution < 1.29 is 9.21 Å². The number of nitrogens with two attached hydrogens (primary N) is 1. The Hall–Kier alpha value is -1.81. The first-order chi connectivity index (χ1) is 7.47. The lowest BCUT2D eigenvalue weighted by molar-refractivity contribution is -0.120. The third kappa shape index (κ3) is 2.06. The summed E-state index contributed by atoms with van der Waals surface area (Å²) in [5.74, 6) is -0.213. The first-order valence-electron chi connectivity index (χ1n) is 5.04. The normalized spacial score (nSPS) is 11.7. The summed E-state index contributed by atoms with van der Waals surface area (Å²) in [6.07, 6.45) is 1.61. The molecule has 4 nitrogen and oxygen atoms in total. The molecule has 0 aliphatic heterocycles. The maximum atomic E-state index is 11.6. The van der Waals surface area contributed by atoms with Crippen molar-refractivity contribution in [1.82, 2.24) is 0 Å². The highest BCUT2D eigenvalue weighted by atomic mass is 16.3. The average molecular weight is 218 g/mol. The molecule has 16 heavy (non-hydrogen) atoms. The smallest absolute Gasteiger partial charge is 0.243 e. The van der Waals surface area contributed by atoms with Gasteiger partial charge in [-0.1, -0.05) is 0 Å². The molecular weight excluding hydrogens is 204 g/mol. The maximum absolute atomic E-state index is 11.6. The van der Waals surface area contributed by atoms with Crippen LogP contribution in [-0.4, -0.2) is 11.4 Å². The van der Waals surface area contributed by atoms with Gasteiger partial charge < -0.3 is 15.5 Å². The Morgan fingerprint density at radius 2 is 2.12 bits per heavy atom. The molecule has 0 bridgehead atoms. The minimum Gasteiger partial charge on any atom is -0.464 e. The van der Waals surface area contributed by atoms with Gasteiger partial charge in [0.25, 0.3) is 0 Å². The molecule has 0 unspecified atom stereocenters. The summed E-state index contributed by atoms with van der Waals surface area (Å²) in [7, 11) is 0. The highest BCUT2D eigenvalue weighted by Gasteiger charge is 2.21. The monoisotopic (exact) mass is 218 g/mol. The van der Waals surface area contributed by atoms with Gasteiger partial charge >= 0.3 is 0 Å². The number of hydrogen-bond acceptors (Lipinski definition) is 3. The highest BCUT2D eigenvalue weighted by Crippen LogP contribution is 2.20. The lowest BCUT2D eigenvalue weighted by Crippen LogP contribution is -2.45. The van der Waals surface area contributed by atoms with E-state index in [1.54, 1.807) is 26.2 Å². The summed E-state index contributed by atoms with van der Waals surface area (Å²) in [4.78, 5) is 11.6. The fourth-order valence-corrected chi connectivity index (χ4v) is 1.34. The molecule has 0 aliphatic carbocycles. The summed E-state index contributed by atoms with van der Waals surface area (Å²) in [6.45, 7) is 3.33. The number of carbonyl (C=O) groups excluding carboxylic acids is 1. The number of furan rings is 1. The van der Waals surface area contributed by atoms with Crippen molar-refractivity contribution in [2.45, 2.75) is 19.4 Å². The van der Waals surface area contributed by atoms with E-state index < -0.39 is 5.54 Å². The maximum Gasteiger partial charge on any atom is 0.243 e. The largest absolute Gasteiger partial charge is 0.464 e. The zero-order valence-corrected chi connectivity index (χ0v) is 9.28. The second-order valence-electron chi connectivity index (χ2n) is 4.35. The highest BCUT2D eigenvalue weighted by molar-refractivity contribution is 5.98. The van der Waals surface area contributed by atoms with Gasteiger partial charge in [-0.05, 0) is 38.1 Å². The van der Waals surface area contributed by atoms with Crippen molar-refractivity contribution in [2.75, 3.05) is 5.32 Å². The van der Waals surface area contributed by atoms with Gasteiger partial charge in [0.2, 0.25) is 5.91 Å². The zero-order valence-electron chi connectivity index (χ0n) is 9.28. The zero-order chi connectivity index (χ0) is 11.8. The Kier molecular flexibility index (Phi) is 2.44. The van der Waals surface area contributed by atoms with Crippen molar-refractivity contribution in [2.24, 2.45) is 5.73 Å². The lowest BCUT2D eigenvalue weighted by Gasteiger charge is -2.17. The molecule has 0 saturated heterocycles. The van der Waals surface area contributed by atoms with E-state index in [0.717, 1.165) is 16.7 Å². The van der Waals surface area contributed by atoms with Gasteiger partial charge in [0.15, 0.2) is 0 Å². The number of benzene rings is 1. The third-order valence-electron chi connectivity index (χ3n) is 2.30. The first kappa shape index (κ1) is 10.7. The Balaban J connectivity index is 2.24. The number of hydrogen-bond donors (Lipinski definition) is 2. The van der Waals surface area contributed by atoms with Gasteiger partial charge in [0.1, 0.15) is 5.58 Å². The van der Waals surface area contributed by atoms with Crippen molar-refractivity contribution in [3.63, 3.8) is 0 Å². The van der Waals surface area contributed by atoms with E-state index in [0.29, 0.717) is 0 Å². The minimum atomic E-state index is -0.884. The van der Waals surface area contributed by atoms with Crippen LogP contribution in [0.4, 0.5) is 5.69 Å². The number of carbonyl (C=O) groups is 1. The predicted molar refractivity (Wildman–Crippen MR) is 63.1 cm³/mol. The molecule has 0 saturated carbocycles. The lowest BCUT2D eigenvalue weighted by atomic mass is 10.1. The van der Waals surface area contributed by atoms with Gasteiger partial charge in [0.05, 0.1) is 11.8 Å². The molecule has 0 atom stereocenters. The van der Waals surface area contributed by atoms with Gasteiger partial charge in [0, 0.05) is 11.1 Å². The van der Waals surface area contributed by atoms with E-state index in [1.165, 1.54) is 0 Å².